The lowest BCUT2D eigenvalue weighted by Gasteiger charge is -2.09. The number of methoxy groups -OCH3 is 1. The molecular weight excluding hydrogens is 388 g/mol. The van der Waals surface area contributed by atoms with Gasteiger partial charge in [-0.25, -0.2) is 0 Å². The van der Waals surface area contributed by atoms with Gasteiger partial charge >= 0.3 is 0 Å². The molecule has 0 saturated carbocycles. The van der Waals surface area contributed by atoms with Crippen molar-refractivity contribution in [3.8, 4) is 0 Å². The van der Waals surface area contributed by atoms with Gasteiger partial charge in [-0.1, -0.05) is 15.9 Å². The van der Waals surface area contributed by atoms with Gasteiger partial charge in [0.15, 0.2) is 0 Å². The average Bonchev–Trinajstić information content (AvgIpc) is 2.45. The number of carbonyl (C=O) groups excluding carboxylic acids is 1. The molecule has 0 aliphatic heterocycles. The first kappa shape index (κ1) is 21.7. The number of benzene rings is 1. The summed E-state index contributed by atoms with van der Waals surface area (Å²) in [6.45, 7) is 7.01. The van der Waals surface area contributed by atoms with Crippen molar-refractivity contribution in [3.63, 3.8) is 0 Å². The highest BCUT2D eigenvalue weighted by Gasteiger charge is 2.06. The second-order valence-corrected chi connectivity index (χ2v) is 6.62. The van der Waals surface area contributed by atoms with Gasteiger partial charge in [0.2, 0.25) is 5.91 Å². The number of nitrogens with one attached hydrogen (secondary N) is 2. The molecule has 0 aliphatic rings. The number of rotatable bonds is 9. The fourth-order valence-electron chi connectivity index (χ4n) is 1.69. The summed E-state index contributed by atoms with van der Waals surface area (Å²) >= 11 is 5.09. The van der Waals surface area contributed by atoms with Crippen LogP contribution >= 0.6 is 40.1 Å². The van der Waals surface area contributed by atoms with Crippen LogP contribution in [0.15, 0.2) is 21.5 Å². The van der Waals surface area contributed by atoms with Gasteiger partial charge in [0.05, 0.1) is 12.4 Å². The Morgan fingerprint density at radius 2 is 1.95 bits per heavy atom. The van der Waals surface area contributed by atoms with Crippen LogP contribution in [0.5, 0.6) is 0 Å². The molecule has 0 unspecified atom stereocenters. The monoisotopic (exact) mass is 410 g/mol. The predicted octanol–water partition coefficient (Wildman–Crippen LogP) is 2.93. The molecule has 0 radical (unpaired) electrons. The molecule has 0 saturated heterocycles. The van der Waals surface area contributed by atoms with Gasteiger partial charge in [-0.3, -0.25) is 4.79 Å². The van der Waals surface area contributed by atoms with Crippen molar-refractivity contribution in [2.24, 2.45) is 0 Å². The lowest BCUT2D eigenvalue weighted by atomic mass is 10.2. The molecular formula is C15H24BrClN2O2S. The van der Waals surface area contributed by atoms with Gasteiger partial charge in [-0.05, 0) is 37.1 Å². The maximum absolute atomic E-state index is 11.8. The number of aryl methyl sites for hydroxylation is 2. The maximum Gasteiger partial charge on any atom is 0.230 e. The number of halogens is 2. The summed E-state index contributed by atoms with van der Waals surface area (Å²) in [5, 5.41) is 6.09. The lowest BCUT2D eigenvalue weighted by molar-refractivity contribution is -0.118. The Morgan fingerprint density at radius 1 is 1.23 bits per heavy atom. The highest BCUT2D eigenvalue weighted by molar-refractivity contribution is 9.10. The Hall–Kier alpha value is -0.270. The van der Waals surface area contributed by atoms with E-state index < -0.39 is 0 Å². The summed E-state index contributed by atoms with van der Waals surface area (Å²) in [5.41, 5.74) is 2.37. The summed E-state index contributed by atoms with van der Waals surface area (Å²) < 4.78 is 6.04. The van der Waals surface area contributed by atoms with E-state index in [9.17, 15) is 4.79 Å². The molecule has 0 aromatic heterocycles. The summed E-state index contributed by atoms with van der Waals surface area (Å²) in [5.74, 6) is 0.508. The second kappa shape index (κ2) is 12.2. The smallest absolute Gasteiger partial charge is 0.230 e. The minimum Gasteiger partial charge on any atom is -0.383 e. The Kier molecular flexibility index (Phi) is 12.0. The highest BCUT2D eigenvalue weighted by Crippen LogP contribution is 2.28. The third kappa shape index (κ3) is 8.39. The molecule has 0 heterocycles. The van der Waals surface area contributed by atoms with Crippen LogP contribution in [0, 0.1) is 13.8 Å². The zero-order valence-corrected chi connectivity index (χ0v) is 16.4. The normalized spacial score (nSPS) is 10.2. The van der Waals surface area contributed by atoms with E-state index >= 15 is 0 Å². The zero-order chi connectivity index (χ0) is 15.7. The van der Waals surface area contributed by atoms with Crippen LogP contribution in [-0.4, -0.2) is 45.0 Å². The van der Waals surface area contributed by atoms with Crippen molar-refractivity contribution in [1.29, 1.82) is 0 Å². The van der Waals surface area contributed by atoms with Crippen LogP contribution in [0.3, 0.4) is 0 Å². The van der Waals surface area contributed by atoms with Crippen molar-refractivity contribution in [2.75, 3.05) is 39.1 Å². The van der Waals surface area contributed by atoms with Gasteiger partial charge in [0.1, 0.15) is 0 Å². The van der Waals surface area contributed by atoms with Crippen LogP contribution in [-0.2, 0) is 9.53 Å². The molecule has 7 heteroatoms. The van der Waals surface area contributed by atoms with Gasteiger partial charge in [0.25, 0.3) is 0 Å². The van der Waals surface area contributed by atoms with Gasteiger partial charge in [-0.2, -0.15) is 0 Å². The van der Waals surface area contributed by atoms with E-state index in [-0.39, 0.29) is 18.3 Å². The van der Waals surface area contributed by atoms with E-state index in [2.05, 4.69) is 52.5 Å². The highest BCUT2D eigenvalue weighted by atomic mass is 79.9. The molecule has 0 aliphatic carbocycles. The maximum atomic E-state index is 11.8. The van der Waals surface area contributed by atoms with E-state index in [0.717, 1.165) is 22.5 Å². The van der Waals surface area contributed by atoms with Crippen LogP contribution < -0.4 is 10.6 Å². The minimum absolute atomic E-state index is 0. The van der Waals surface area contributed by atoms with Crippen molar-refractivity contribution in [3.05, 3.63) is 27.7 Å². The number of hydrogen-bond acceptors (Lipinski definition) is 4. The number of amides is 1. The Labute approximate surface area is 151 Å². The third-order valence-corrected chi connectivity index (χ3v) is 4.93. The van der Waals surface area contributed by atoms with Crippen LogP contribution in [0.1, 0.15) is 11.1 Å². The molecule has 2 N–H and O–H groups in total. The third-order valence-electron chi connectivity index (χ3n) is 2.92. The summed E-state index contributed by atoms with van der Waals surface area (Å²) in [6.07, 6.45) is 0. The molecule has 1 aromatic rings. The van der Waals surface area contributed by atoms with Gasteiger partial charge in [-0.15, -0.1) is 24.2 Å². The predicted molar refractivity (Wildman–Crippen MR) is 99.3 cm³/mol. The van der Waals surface area contributed by atoms with Crippen molar-refractivity contribution >= 4 is 46.0 Å². The van der Waals surface area contributed by atoms with E-state index in [4.69, 9.17) is 4.74 Å². The van der Waals surface area contributed by atoms with E-state index in [0.29, 0.717) is 18.9 Å². The quantitative estimate of drug-likeness (QED) is 0.484. The lowest BCUT2D eigenvalue weighted by Crippen LogP contribution is -2.33. The molecule has 0 atom stereocenters. The number of ether oxygens (including phenoxy) is 1. The Morgan fingerprint density at radius 3 is 2.64 bits per heavy atom. The molecule has 1 aromatic carbocycles. The first-order chi connectivity index (χ1) is 10.0. The number of thioether (sulfide) groups is 1. The molecule has 0 fully saturated rings. The molecule has 126 valence electrons. The number of hydrogen-bond donors (Lipinski definition) is 2. The standard InChI is InChI=1S/C15H23BrN2O2S.ClH/c1-11-9-14(12(2)8-13(11)16)21-10-15(19)18-5-4-17-6-7-20-3;/h8-9,17H,4-7,10H2,1-3H3,(H,18,19);1H. The fraction of sp³-hybridized carbons (Fsp3) is 0.533. The minimum atomic E-state index is 0. The molecule has 4 nitrogen and oxygen atoms in total. The largest absolute Gasteiger partial charge is 0.383 e. The number of carbonyl (C=O) groups is 1. The van der Waals surface area contributed by atoms with Gasteiger partial charge in [0, 0.05) is 36.1 Å². The SMILES string of the molecule is COCCNCCNC(=O)CSc1cc(C)c(Br)cc1C.Cl. The molecule has 0 bridgehead atoms. The first-order valence-electron chi connectivity index (χ1n) is 6.90. The van der Waals surface area contributed by atoms with Crippen molar-refractivity contribution in [1.82, 2.24) is 10.6 Å². The fourth-order valence-corrected chi connectivity index (χ4v) is 3.09. The van der Waals surface area contributed by atoms with Crippen LogP contribution in [0.25, 0.3) is 0 Å². The summed E-state index contributed by atoms with van der Waals surface area (Å²) in [4.78, 5) is 12.9. The molecule has 1 rings (SSSR count). The van der Waals surface area contributed by atoms with Gasteiger partial charge < -0.3 is 15.4 Å². The average molecular weight is 412 g/mol. The summed E-state index contributed by atoms with van der Waals surface area (Å²) in [7, 11) is 1.67. The van der Waals surface area contributed by atoms with E-state index in [1.165, 1.54) is 11.1 Å². The topological polar surface area (TPSA) is 50.4 Å². The van der Waals surface area contributed by atoms with Crippen molar-refractivity contribution < 1.29 is 9.53 Å². The van der Waals surface area contributed by atoms with Crippen LogP contribution in [0.2, 0.25) is 0 Å². The zero-order valence-electron chi connectivity index (χ0n) is 13.2. The van der Waals surface area contributed by atoms with E-state index in [1.807, 2.05) is 0 Å². The van der Waals surface area contributed by atoms with Crippen molar-refractivity contribution in [2.45, 2.75) is 18.7 Å². The Balaban J connectivity index is 0.00000441. The molecule has 1 amide bonds. The first-order valence-corrected chi connectivity index (χ1v) is 8.68. The summed E-state index contributed by atoms with van der Waals surface area (Å²) in [6, 6.07) is 4.21. The second-order valence-electron chi connectivity index (χ2n) is 4.75. The molecule has 0 spiro atoms. The Bertz CT molecular complexity index is 475. The molecule has 22 heavy (non-hydrogen) atoms. The van der Waals surface area contributed by atoms with Crippen LogP contribution in [0.4, 0.5) is 0 Å². The van der Waals surface area contributed by atoms with E-state index in [1.54, 1.807) is 18.9 Å².